The molecule has 0 unspecified atom stereocenters. The highest BCUT2D eigenvalue weighted by molar-refractivity contribution is 6.42. The van der Waals surface area contributed by atoms with E-state index in [0.717, 1.165) is 5.56 Å². The van der Waals surface area contributed by atoms with Gasteiger partial charge in [0.15, 0.2) is 11.9 Å². The topological polar surface area (TPSA) is 98.0 Å². The van der Waals surface area contributed by atoms with Gasteiger partial charge >= 0.3 is 0 Å². The van der Waals surface area contributed by atoms with Crippen LogP contribution >= 0.6 is 23.2 Å². The van der Waals surface area contributed by atoms with Gasteiger partial charge in [0.1, 0.15) is 0 Å². The average Bonchev–Trinajstić information content (AvgIpc) is 2.45. The van der Waals surface area contributed by atoms with Gasteiger partial charge in [-0.05, 0) is 24.6 Å². The minimum atomic E-state index is 0.179. The van der Waals surface area contributed by atoms with Crippen LogP contribution in [0.2, 0.25) is 10.0 Å². The number of benzene rings is 1. The molecule has 0 atom stereocenters. The van der Waals surface area contributed by atoms with E-state index in [4.69, 9.17) is 39.4 Å². The van der Waals surface area contributed by atoms with Crippen molar-refractivity contribution in [1.82, 2.24) is 5.32 Å². The number of hydrogen-bond donors (Lipinski definition) is 3. The molecule has 0 amide bonds. The molecule has 1 aromatic carbocycles. The maximum atomic E-state index is 5.92. The molecule has 8 heteroatoms. The number of nitrogens with one attached hydrogen (secondary N) is 1. The monoisotopic (exact) mass is 331 g/mol. The molecule has 0 saturated carbocycles. The Balaban J connectivity index is 2.46. The third-order valence-electron chi connectivity index (χ3n) is 2.39. The molecule has 116 valence electrons. The lowest BCUT2D eigenvalue weighted by Crippen LogP contribution is -2.41. The van der Waals surface area contributed by atoms with Crippen LogP contribution in [0.4, 0.5) is 0 Å². The van der Waals surface area contributed by atoms with Gasteiger partial charge in [-0.15, -0.1) is 0 Å². The SMILES string of the molecule is CCOCCN=C(N)NC(N)=NCc1ccc(Cl)c(Cl)c1. The van der Waals surface area contributed by atoms with E-state index in [1.54, 1.807) is 12.1 Å². The van der Waals surface area contributed by atoms with Crippen LogP contribution < -0.4 is 16.8 Å². The molecule has 6 nitrogen and oxygen atoms in total. The summed E-state index contributed by atoms with van der Waals surface area (Å²) in [5, 5.41) is 3.67. The molecule has 0 radical (unpaired) electrons. The minimum Gasteiger partial charge on any atom is -0.380 e. The zero-order valence-corrected chi connectivity index (χ0v) is 13.3. The average molecular weight is 332 g/mol. The van der Waals surface area contributed by atoms with Crippen molar-refractivity contribution in [2.45, 2.75) is 13.5 Å². The van der Waals surface area contributed by atoms with E-state index in [0.29, 0.717) is 36.3 Å². The molecule has 21 heavy (non-hydrogen) atoms. The number of aliphatic imine (C=N–C) groups is 2. The summed E-state index contributed by atoms with van der Waals surface area (Å²) in [5.74, 6) is 0.379. The van der Waals surface area contributed by atoms with Crippen LogP contribution in [0.1, 0.15) is 12.5 Å². The summed E-state index contributed by atoms with van der Waals surface area (Å²) < 4.78 is 5.14. The predicted molar refractivity (Wildman–Crippen MR) is 87.9 cm³/mol. The highest BCUT2D eigenvalue weighted by Gasteiger charge is 2.00. The fourth-order valence-electron chi connectivity index (χ4n) is 1.40. The first-order valence-electron chi connectivity index (χ1n) is 6.41. The molecular weight excluding hydrogens is 313 g/mol. The van der Waals surface area contributed by atoms with E-state index < -0.39 is 0 Å². The lowest BCUT2D eigenvalue weighted by molar-refractivity contribution is 0.156. The van der Waals surface area contributed by atoms with Crippen LogP contribution in [0.3, 0.4) is 0 Å². The Morgan fingerprint density at radius 2 is 1.90 bits per heavy atom. The van der Waals surface area contributed by atoms with Crippen molar-refractivity contribution in [2.75, 3.05) is 19.8 Å². The summed E-state index contributed by atoms with van der Waals surface area (Å²) in [7, 11) is 0. The molecule has 0 aromatic heterocycles. The van der Waals surface area contributed by atoms with Gasteiger partial charge in [0.2, 0.25) is 0 Å². The molecule has 0 fully saturated rings. The molecule has 0 aliphatic carbocycles. The molecule has 0 spiro atoms. The summed E-state index contributed by atoms with van der Waals surface area (Å²) in [4.78, 5) is 8.18. The molecule has 0 heterocycles. The van der Waals surface area contributed by atoms with Crippen LogP contribution in [0, 0.1) is 0 Å². The molecular formula is C13H19Cl2N5O. The summed E-state index contributed by atoms with van der Waals surface area (Å²) in [6.45, 7) is 3.91. The first-order valence-corrected chi connectivity index (χ1v) is 7.17. The van der Waals surface area contributed by atoms with Gasteiger partial charge in [0.25, 0.3) is 0 Å². The fraction of sp³-hybridized carbons (Fsp3) is 0.385. The fourth-order valence-corrected chi connectivity index (χ4v) is 1.72. The molecule has 1 aromatic rings. The van der Waals surface area contributed by atoms with Crippen molar-refractivity contribution in [2.24, 2.45) is 21.5 Å². The van der Waals surface area contributed by atoms with Crippen LogP contribution in [0.25, 0.3) is 0 Å². The summed E-state index contributed by atoms with van der Waals surface area (Å²) >= 11 is 11.8. The molecule has 1 rings (SSSR count). The summed E-state index contributed by atoms with van der Waals surface area (Å²) in [6.07, 6.45) is 0. The molecule has 0 aliphatic rings. The second kappa shape index (κ2) is 9.44. The lowest BCUT2D eigenvalue weighted by atomic mass is 10.2. The first kappa shape index (κ1) is 17.6. The molecule has 5 N–H and O–H groups in total. The Bertz CT molecular complexity index is 519. The minimum absolute atomic E-state index is 0.179. The number of guanidine groups is 2. The molecule has 0 saturated heterocycles. The molecule has 0 bridgehead atoms. The van der Waals surface area contributed by atoms with Gasteiger partial charge in [-0.25, -0.2) is 4.99 Å². The van der Waals surface area contributed by atoms with Gasteiger partial charge in [-0.2, -0.15) is 0 Å². The number of nitrogens with zero attached hydrogens (tertiary/aromatic N) is 2. The van der Waals surface area contributed by atoms with E-state index in [1.165, 1.54) is 0 Å². The highest BCUT2D eigenvalue weighted by atomic mass is 35.5. The summed E-state index contributed by atoms with van der Waals surface area (Å²) in [5.41, 5.74) is 12.3. The number of nitrogens with two attached hydrogens (primary N) is 2. The third-order valence-corrected chi connectivity index (χ3v) is 3.13. The number of ether oxygens (including phenoxy) is 1. The third kappa shape index (κ3) is 7.17. The normalized spacial score (nSPS) is 12.5. The van der Waals surface area contributed by atoms with E-state index in [9.17, 15) is 0 Å². The predicted octanol–water partition coefficient (Wildman–Crippen LogP) is 1.75. The standard InChI is InChI=1S/C13H19Cl2N5O/c1-2-21-6-5-18-12(16)20-13(17)19-8-9-3-4-10(14)11(15)7-9/h3-4,7H,2,5-6,8H2,1H3,(H5,16,17,18,19,20). The van der Waals surface area contributed by atoms with Crippen molar-refractivity contribution in [3.8, 4) is 0 Å². The Morgan fingerprint density at radius 1 is 1.19 bits per heavy atom. The van der Waals surface area contributed by atoms with Crippen molar-refractivity contribution < 1.29 is 4.74 Å². The van der Waals surface area contributed by atoms with Crippen LogP contribution in [0.15, 0.2) is 28.2 Å². The maximum absolute atomic E-state index is 5.92. The van der Waals surface area contributed by atoms with Gasteiger partial charge in [-0.1, -0.05) is 29.3 Å². The lowest BCUT2D eigenvalue weighted by Gasteiger charge is -2.05. The van der Waals surface area contributed by atoms with Crippen molar-refractivity contribution >= 4 is 35.1 Å². The van der Waals surface area contributed by atoms with Crippen LogP contribution in [-0.4, -0.2) is 31.7 Å². The van der Waals surface area contributed by atoms with Crippen molar-refractivity contribution in [3.63, 3.8) is 0 Å². The largest absolute Gasteiger partial charge is 0.380 e. The Kier molecular flexibility index (Phi) is 7.89. The highest BCUT2D eigenvalue weighted by Crippen LogP contribution is 2.22. The van der Waals surface area contributed by atoms with Gasteiger partial charge < -0.3 is 16.2 Å². The van der Waals surface area contributed by atoms with Gasteiger partial charge in [-0.3, -0.25) is 10.3 Å². The van der Waals surface area contributed by atoms with E-state index >= 15 is 0 Å². The van der Waals surface area contributed by atoms with Crippen LogP contribution in [-0.2, 0) is 11.3 Å². The second-order valence-electron chi connectivity index (χ2n) is 4.04. The van der Waals surface area contributed by atoms with E-state index in [1.807, 2.05) is 13.0 Å². The van der Waals surface area contributed by atoms with Crippen LogP contribution in [0.5, 0.6) is 0 Å². The Morgan fingerprint density at radius 3 is 2.57 bits per heavy atom. The number of hydrogen-bond acceptors (Lipinski definition) is 3. The number of halogens is 2. The Hall–Kier alpha value is -1.50. The van der Waals surface area contributed by atoms with Crippen molar-refractivity contribution in [3.05, 3.63) is 33.8 Å². The van der Waals surface area contributed by atoms with Gasteiger partial charge in [0.05, 0.1) is 29.7 Å². The first-order chi connectivity index (χ1) is 10.0. The zero-order valence-electron chi connectivity index (χ0n) is 11.8. The zero-order chi connectivity index (χ0) is 15.7. The maximum Gasteiger partial charge on any atom is 0.195 e. The smallest absolute Gasteiger partial charge is 0.195 e. The number of rotatable bonds is 6. The quantitative estimate of drug-likeness (QED) is 0.420. The van der Waals surface area contributed by atoms with Gasteiger partial charge in [0, 0.05) is 6.61 Å². The Labute approximate surface area is 134 Å². The van der Waals surface area contributed by atoms with E-state index in [-0.39, 0.29) is 11.9 Å². The van der Waals surface area contributed by atoms with E-state index in [2.05, 4.69) is 15.3 Å². The second-order valence-corrected chi connectivity index (χ2v) is 4.85. The molecule has 0 aliphatic heterocycles. The van der Waals surface area contributed by atoms with Crippen molar-refractivity contribution in [1.29, 1.82) is 0 Å². The summed E-state index contributed by atoms with van der Waals surface area (Å²) in [6, 6.07) is 5.27.